The second kappa shape index (κ2) is 8.63. The average Bonchev–Trinajstić information content (AvgIpc) is 3.34. The number of hydrogen-bond acceptors (Lipinski definition) is 4. The summed E-state index contributed by atoms with van der Waals surface area (Å²) in [5.41, 5.74) is 5.26. The molecule has 2 aromatic carbocycles. The Morgan fingerprint density at radius 3 is 2.69 bits per heavy atom. The van der Waals surface area contributed by atoms with E-state index < -0.39 is 11.8 Å². The number of carbonyl (C=O) groups is 1. The van der Waals surface area contributed by atoms with Crippen LogP contribution < -0.4 is 0 Å². The number of imidazole rings is 1. The predicted molar refractivity (Wildman–Crippen MR) is 118 cm³/mol. The van der Waals surface area contributed by atoms with Gasteiger partial charge in [0.2, 0.25) is 0 Å². The molecular formula is C24H22FN5O2. The van der Waals surface area contributed by atoms with E-state index in [1.165, 1.54) is 6.07 Å². The van der Waals surface area contributed by atoms with Crippen LogP contribution in [-0.4, -0.2) is 30.8 Å². The maximum atomic E-state index is 15.0. The Bertz CT molecular complexity index is 1360. The topological polar surface area (TPSA) is 108 Å². The van der Waals surface area contributed by atoms with Crippen LogP contribution in [0.4, 0.5) is 4.39 Å². The summed E-state index contributed by atoms with van der Waals surface area (Å²) in [6, 6.07) is 12.1. The van der Waals surface area contributed by atoms with Gasteiger partial charge in [-0.2, -0.15) is 10.4 Å². The fraction of sp³-hybridized carbons (Fsp3) is 0.250. The van der Waals surface area contributed by atoms with Crippen LogP contribution in [-0.2, 0) is 30.6 Å². The molecule has 2 aromatic heterocycles. The Kier molecular flexibility index (Phi) is 5.73. The summed E-state index contributed by atoms with van der Waals surface area (Å²) in [4.78, 5) is 18.9. The number of nitrogens with one attached hydrogen (secondary N) is 1. The molecule has 2 heterocycles. The molecule has 7 nitrogen and oxygen atoms in total. The zero-order valence-electron chi connectivity index (χ0n) is 17.8. The van der Waals surface area contributed by atoms with Crippen LogP contribution in [0.5, 0.6) is 0 Å². The van der Waals surface area contributed by atoms with Gasteiger partial charge in [0.1, 0.15) is 11.6 Å². The molecule has 0 fully saturated rings. The summed E-state index contributed by atoms with van der Waals surface area (Å²) >= 11 is 0. The van der Waals surface area contributed by atoms with Gasteiger partial charge in [-0.15, -0.1) is 0 Å². The van der Waals surface area contributed by atoms with Crippen molar-refractivity contribution in [2.45, 2.75) is 39.7 Å². The van der Waals surface area contributed by atoms with E-state index in [4.69, 9.17) is 5.26 Å². The first kappa shape index (κ1) is 21.2. The molecule has 2 N–H and O–H groups in total. The van der Waals surface area contributed by atoms with Crippen molar-refractivity contribution >= 4 is 17.0 Å². The van der Waals surface area contributed by atoms with E-state index in [0.29, 0.717) is 46.4 Å². The zero-order chi connectivity index (χ0) is 22.8. The van der Waals surface area contributed by atoms with E-state index >= 15 is 4.39 Å². The zero-order valence-corrected chi connectivity index (χ0v) is 17.8. The van der Waals surface area contributed by atoms with Crippen LogP contribution in [0.3, 0.4) is 0 Å². The number of aromatic nitrogens is 4. The molecule has 162 valence electrons. The number of aliphatic carboxylic acids is 1. The van der Waals surface area contributed by atoms with Crippen LogP contribution >= 0.6 is 0 Å². The van der Waals surface area contributed by atoms with Gasteiger partial charge in [-0.05, 0) is 37.1 Å². The van der Waals surface area contributed by atoms with Gasteiger partial charge in [-0.1, -0.05) is 26.0 Å². The number of hydrogen-bond donors (Lipinski definition) is 2. The predicted octanol–water partition coefficient (Wildman–Crippen LogP) is 4.24. The van der Waals surface area contributed by atoms with Crippen LogP contribution in [0.1, 0.15) is 41.9 Å². The molecule has 0 amide bonds. The highest BCUT2D eigenvalue weighted by Crippen LogP contribution is 2.25. The summed E-state index contributed by atoms with van der Waals surface area (Å²) in [7, 11) is 0. The van der Waals surface area contributed by atoms with Gasteiger partial charge in [0, 0.05) is 22.4 Å². The van der Waals surface area contributed by atoms with Crippen molar-refractivity contribution in [3.05, 3.63) is 70.3 Å². The minimum atomic E-state index is -0.905. The van der Waals surface area contributed by atoms with Gasteiger partial charge >= 0.3 is 5.97 Å². The van der Waals surface area contributed by atoms with E-state index in [0.717, 1.165) is 17.0 Å². The minimum Gasteiger partial charge on any atom is -0.481 e. The third-order valence-corrected chi connectivity index (χ3v) is 5.51. The molecule has 32 heavy (non-hydrogen) atoms. The maximum Gasteiger partial charge on any atom is 0.307 e. The van der Waals surface area contributed by atoms with Crippen molar-refractivity contribution in [2.75, 3.05) is 0 Å². The first-order valence-corrected chi connectivity index (χ1v) is 10.4. The molecule has 0 unspecified atom stereocenters. The lowest BCUT2D eigenvalue weighted by atomic mass is 10.1. The van der Waals surface area contributed by atoms with E-state index in [1.807, 2.05) is 13.8 Å². The van der Waals surface area contributed by atoms with Crippen molar-refractivity contribution in [2.24, 2.45) is 0 Å². The van der Waals surface area contributed by atoms with Gasteiger partial charge in [-0.25, -0.2) is 9.37 Å². The third-order valence-electron chi connectivity index (χ3n) is 5.51. The van der Waals surface area contributed by atoms with Crippen LogP contribution in [0.2, 0.25) is 0 Å². The van der Waals surface area contributed by atoms with E-state index in [2.05, 4.69) is 21.1 Å². The Balaban J connectivity index is 1.65. The fourth-order valence-corrected chi connectivity index (χ4v) is 3.95. The van der Waals surface area contributed by atoms with Crippen molar-refractivity contribution in [1.82, 2.24) is 19.7 Å². The number of fused-ring (bicyclic) bond motifs is 1. The van der Waals surface area contributed by atoms with Crippen molar-refractivity contribution in [3.63, 3.8) is 0 Å². The molecule has 4 rings (SSSR count). The van der Waals surface area contributed by atoms with Crippen molar-refractivity contribution in [1.29, 1.82) is 5.26 Å². The molecule has 8 heteroatoms. The molecule has 0 saturated carbocycles. The van der Waals surface area contributed by atoms with Crippen molar-refractivity contribution in [3.8, 4) is 17.5 Å². The smallest absolute Gasteiger partial charge is 0.307 e. The Morgan fingerprint density at radius 2 is 2.03 bits per heavy atom. The number of benzene rings is 2. The van der Waals surface area contributed by atoms with Crippen LogP contribution in [0.25, 0.3) is 22.4 Å². The van der Waals surface area contributed by atoms with Gasteiger partial charge in [0.15, 0.2) is 0 Å². The molecule has 4 aromatic rings. The molecule has 0 atom stereocenters. The molecule has 0 radical (unpaired) electrons. The van der Waals surface area contributed by atoms with E-state index in [9.17, 15) is 9.90 Å². The molecule has 0 bridgehead atoms. The van der Waals surface area contributed by atoms with Gasteiger partial charge in [0.05, 0.1) is 41.3 Å². The SMILES string of the molecule is CCc1nn(Cc2ccc(-c3nc4ccc(C#N)cc4[nH]3)cc2F)c(CC)c1CC(=O)O. The quantitative estimate of drug-likeness (QED) is 0.455. The number of H-pyrrole nitrogens is 1. The first-order chi connectivity index (χ1) is 15.4. The van der Waals surface area contributed by atoms with E-state index in [-0.39, 0.29) is 13.0 Å². The average molecular weight is 431 g/mol. The Hall–Kier alpha value is -3.99. The van der Waals surface area contributed by atoms with Gasteiger partial charge in [-0.3, -0.25) is 9.48 Å². The molecule has 0 spiro atoms. The number of aryl methyl sites for hydroxylation is 1. The summed E-state index contributed by atoms with van der Waals surface area (Å²) in [6.45, 7) is 4.09. The number of nitriles is 1. The van der Waals surface area contributed by atoms with Crippen LogP contribution in [0, 0.1) is 17.1 Å². The summed E-state index contributed by atoms with van der Waals surface area (Å²) in [5.74, 6) is -0.779. The number of aromatic amines is 1. The maximum absolute atomic E-state index is 15.0. The number of halogens is 1. The molecular weight excluding hydrogens is 409 g/mol. The van der Waals surface area contributed by atoms with Gasteiger partial charge < -0.3 is 10.1 Å². The summed E-state index contributed by atoms with van der Waals surface area (Å²) in [5, 5.41) is 22.9. The number of nitrogens with zero attached hydrogens (tertiary/aromatic N) is 4. The monoisotopic (exact) mass is 431 g/mol. The lowest BCUT2D eigenvalue weighted by Gasteiger charge is -2.09. The highest BCUT2D eigenvalue weighted by atomic mass is 19.1. The Morgan fingerprint density at radius 1 is 1.22 bits per heavy atom. The second-order valence-electron chi connectivity index (χ2n) is 7.54. The second-order valence-corrected chi connectivity index (χ2v) is 7.54. The molecule has 0 saturated heterocycles. The van der Waals surface area contributed by atoms with Crippen LogP contribution in [0.15, 0.2) is 36.4 Å². The highest BCUT2D eigenvalue weighted by molar-refractivity contribution is 5.80. The molecule has 0 aliphatic carbocycles. The van der Waals surface area contributed by atoms with Gasteiger partial charge in [0.25, 0.3) is 0 Å². The standard InChI is InChI=1S/C24H22FN5O2/c1-3-19-17(11-23(31)32)22(4-2)30(29-19)13-16-7-6-15(10-18(16)25)24-27-20-8-5-14(12-26)9-21(20)28-24/h5-10H,3-4,11,13H2,1-2H3,(H,27,28)(H,31,32). The summed E-state index contributed by atoms with van der Waals surface area (Å²) < 4.78 is 16.7. The number of carboxylic acids is 1. The summed E-state index contributed by atoms with van der Waals surface area (Å²) in [6.07, 6.45) is 1.13. The largest absolute Gasteiger partial charge is 0.481 e. The Labute approximate surface area is 184 Å². The highest BCUT2D eigenvalue weighted by Gasteiger charge is 2.19. The van der Waals surface area contributed by atoms with E-state index in [1.54, 1.807) is 35.0 Å². The number of rotatable bonds is 7. The third kappa shape index (κ3) is 3.97. The lowest BCUT2D eigenvalue weighted by molar-refractivity contribution is -0.136. The van der Waals surface area contributed by atoms with Crippen molar-refractivity contribution < 1.29 is 14.3 Å². The molecule has 0 aliphatic heterocycles. The minimum absolute atomic E-state index is 0.0899. The first-order valence-electron chi connectivity index (χ1n) is 10.4. The molecule has 0 aliphatic rings. The number of carboxylic acid groups (broad SMARTS) is 1. The lowest BCUT2D eigenvalue weighted by Crippen LogP contribution is -2.09. The normalized spacial score (nSPS) is 11.1. The fourth-order valence-electron chi connectivity index (χ4n) is 3.95.